The van der Waals surface area contributed by atoms with E-state index >= 15 is 0 Å². The van der Waals surface area contributed by atoms with Gasteiger partial charge in [-0.25, -0.2) is 0 Å². The van der Waals surface area contributed by atoms with Gasteiger partial charge in [-0.15, -0.1) is 0 Å². The second-order valence-electron chi connectivity index (χ2n) is 4.20. The zero-order valence-electron chi connectivity index (χ0n) is 9.31. The van der Waals surface area contributed by atoms with E-state index < -0.39 is 6.10 Å². The molecular weight excluding hydrogens is 194 g/mol. The molecule has 5 nitrogen and oxygen atoms in total. The van der Waals surface area contributed by atoms with Gasteiger partial charge in [0.25, 0.3) is 0 Å². The Morgan fingerprint density at radius 3 is 2.73 bits per heavy atom. The lowest BCUT2D eigenvalue weighted by molar-refractivity contribution is -0.139. The molecule has 0 aromatic rings. The molecule has 1 unspecified atom stereocenters. The van der Waals surface area contributed by atoms with Crippen LogP contribution >= 0.6 is 0 Å². The number of amidine groups is 1. The van der Waals surface area contributed by atoms with Crippen LogP contribution in [0.1, 0.15) is 20.3 Å². The number of aliphatic hydroxyl groups is 1. The summed E-state index contributed by atoms with van der Waals surface area (Å²) in [7, 11) is 0. The van der Waals surface area contributed by atoms with Crippen molar-refractivity contribution in [1.29, 1.82) is 0 Å². The normalized spacial score (nSPS) is 19.9. The van der Waals surface area contributed by atoms with E-state index in [0.29, 0.717) is 18.3 Å². The average Bonchev–Trinajstić information content (AvgIpc) is 1.98. The molecule has 1 heterocycles. The van der Waals surface area contributed by atoms with Crippen molar-refractivity contribution in [3.05, 3.63) is 0 Å². The Labute approximate surface area is 90.0 Å². The Bertz CT molecular complexity index is 253. The van der Waals surface area contributed by atoms with Crippen LogP contribution in [0.2, 0.25) is 0 Å². The van der Waals surface area contributed by atoms with Gasteiger partial charge in [0.2, 0.25) is 5.91 Å². The molecule has 3 N–H and O–H groups in total. The van der Waals surface area contributed by atoms with Gasteiger partial charge < -0.3 is 15.7 Å². The summed E-state index contributed by atoms with van der Waals surface area (Å²) in [5, 5.41) is 9.05. The summed E-state index contributed by atoms with van der Waals surface area (Å²) in [4.78, 5) is 17.3. The van der Waals surface area contributed by atoms with Crippen molar-refractivity contribution >= 4 is 11.7 Å². The molecule has 0 aromatic heterocycles. The maximum atomic E-state index is 11.4. The van der Waals surface area contributed by atoms with Crippen molar-refractivity contribution in [3.8, 4) is 0 Å². The molecule has 15 heavy (non-hydrogen) atoms. The second kappa shape index (κ2) is 5.11. The molecule has 5 heteroatoms. The van der Waals surface area contributed by atoms with Gasteiger partial charge in [-0.3, -0.25) is 9.79 Å². The first kappa shape index (κ1) is 12.0. The van der Waals surface area contributed by atoms with Crippen LogP contribution in [-0.4, -0.2) is 47.5 Å². The fourth-order valence-electron chi connectivity index (χ4n) is 1.54. The standard InChI is InChI=1S/C10H19N3O2/c1-7(14)3-10(15)13-5-9(6-13)4-12-8(2)11/h7,9,14H,3-6H2,1-2H3,(H2,11,12). The zero-order valence-corrected chi connectivity index (χ0v) is 9.31. The maximum absolute atomic E-state index is 11.4. The summed E-state index contributed by atoms with van der Waals surface area (Å²) in [6, 6.07) is 0. The van der Waals surface area contributed by atoms with E-state index in [-0.39, 0.29) is 12.3 Å². The molecule has 1 atom stereocenters. The minimum atomic E-state index is -0.555. The van der Waals surface area contributed by atoms with Gasteiger partial charge in [-0.1, -0.05) is 0 Å². The van der Waals surface area contributed by atoms with Crippen LogP contribution in [-0.2, 0) is 4.79 Å². The van der Waals surface area contributed by atoms with Gasteiger partial charge in [-0.2, -0.15) is 0 Å². The summed E-state index contributed by atoms with van der Waals surface area (Å²) in [6.07, 6.45) is -0.341. The summed E-state index contributed by atoms with van der Waals surface area (Å²) < 4.78 is 0. The summed E-state index contributed by atoms with van der Waals surface area (Å²) >= 11 is 0. The van der Waals surface area contributed by atoms with Crippen LogP contribution in [0, 0.1) is 5.92 Å². The van der Waals surface area contributed by atoms with Crippen molar-refractivity contribution in [3.63, 3.8) is 0 Å². The average molecular weight is 213 g/mol. The fourth-order valence-corrected chi connectivity index (χ4v) is 1.54. The van der Waals surface area contributed by atoms with E-state index in [1.165, 1.54) is 0 Å². The molecule has 0 saturated carbocycles. The lowest BCUT2D eigenvalue weighted by Crippen LogP contribution is -2.51. The van der Waals surface area contributed by atoms with E-state index in [0.717, 1.165) is 13.1 Å². The Morgan fingerprint density at radius 1 is 1.67 bits per heavy atom. The van der Waals surface area contributed by atoms with Gasteiger partial charge in [0.05, 0.1) is 18.4 Å². The Balaban J connectivity index is 2.20. The Kier molecular flexibility index (Phi) is 4.08. The third-order valence-electron chi connectivity index (χ3n) is 2.38. The molecule has 0 bridgehead atoms. The molecule has 1 saturated heterocycles. The summed E-state index contributed by atoms with van der Waals surface area (Å²) in [6.45, 7) is 5.55. The van der Waals surface area contributed by atoms with E-state index in [9.17, 15) is 4.79 Å². The highest BCUT2D eigenvalue weighted by Gasteiger charge is 2.30. The smallest absolute Gasteiger partial charge is 0.225 e. The molecule has 1 rings (SSSR count). The van der Waals surface area contributed by atoms with Crippen molar-refractivity contribution in [2.24, 2.45) is 16.6 Å². The van der Waals surface area contributed by atoms with Crippen LogP contribution in [0.3, 0.4) is 0 Å². The second-order valence-corrected chi connectivity index (χ2v) is 4.20. The van der Waals surface area contributed by atoms with Crippen molar-refractivity contribution in [2.45, 2.75) is 26.4 Å². The zero-order chi connectivity index (χ0) is 11.4. The van der Waals surface area contributed by atoms with Crippen LogP contribution in [0.5, 0.6) is 0 Å². The minimum Gasteiger partial charge on any atom is -0.393 e. The van der Waals surface area contributed by atoms with Gasteiger partial charge >= 0.3 is 0 Å². The number of amides is 1. The van der Waals surface area contributed by atoms with Crippen molar-refractivity contribution in [2.75, 3.05) is 19.6 Å². The van der Waals surface area contributed by atoms with Crippen molar-refractivity contribution in [1.82, 2.24) is 4.90 Å². The van der Waals surface area contributed by atoms with Crippen molar-refractivity contribution < 1.29 is 9.90 Å². The molecule has 0 spiro atoms. The number of hydrogen-bond acceptors (Lipinski definition) is 3. The first-order chi connectivity index (χ1) is 6.99. The number of hydrogen-bond donors (Lipinski definition) is 2. The molecule has 0 aromatic carbocycles. The number of nitrogens with two attached hydrogens (primary N) is 1. The highest BCUT2D eigenvalue weighted by atomic mass is 16.3. The minimum absolute atomic E-state index is 0.0229. The molecule has 1 amide bonds. The van der Waals surface area contributed by atoms with Gasteiger partial charge in [0.1, 0.15) is 0 Å². The third-order valence-corrected chi connectivity index (χ3v) is 2.38. The number of rotatable bonds is 4. The Morgan fingerprint density at radius 2 is 2.27 bits per heavy atom. The molecule has 86 valence electrons. The first-order valence-corrected chi connectivity index (χ1v) is 5.21. The molecule has 1 aliphatic heterocycles. The number of nitrogens with zero attached hydrogens (tertiary/aromatic N) is 2. The van der Waals surface area contributed by atoms with E-state index in [2.05, 4.69) is 4.99 Å². The lowest BCUT2D eigenvalue weighted by atomic mass is 9.99. The van der Waals surface area contributed by atoms with E-state index in [1.54, 1.807) is 18.7 Å². The van der Waals surface area contributed by atoms with E-state index in [1.807, 2.05) is 0 Å². The van der Waals surface area contributed by atoms with Crippen LogP contribution in [0.25, 0.3) is 0 Å². The molecule has 0 radical (unpaired) electrons. The number of aliphatic hydroxyl groups excluding tert-OH is 1. The Hall–Kier alpha value is -1.10. The van der Waals surface area contributed by atoms with Gasteiger partial charge in [0.15, 0.2) is 0 Å². The third kappa shape index (κ3) is 3.87. The highest BCUT2D eigenvalue weighted by molar-refractivity contribution is 5.78. The van der Waals surface area contributed by atoms with Crippen LogP contribution in [0.4, 0.5) is 0 Å². The first-order valence-electron chi connectivity index (χ1n) is 5.21. The maximum Gasteiger partial charge on any atom is 0.225 e. The lowest BCUT2D eigenvalue weighted by Gasteiger charge is -2.38. The predicted molar refractivity (Wildman–Crippen MR) is 58.5 cm³/mol. The molecule has 1 aliphatic rings. The molecule has 1 fully saturated rings. The molecule has 0 aliphatic carbocycles. The van der Waals surface area contributed by atoms with Crippen LogP contribution in [0.15, 0.2) is 4.99 Å². The van der Waals surface area contributed by atoms with Gasteiger partial charge in [-0.05, 0) is 13.8 Å². The number of likely N-dealkylation sites (tertiary alicyclic amines) is 1. The summed E-state index contributed by atoms with van der Waals surface area (Å²) in [5.74, 6) is 1.04. The monoisotopic (exact) mass is 213 g/mol. The van der Waals surface area contributed by atoms with Gasteiger partial charge in [0, 0.05) is 25.6 Å². The number of carbonyl (C=O) groups excluding carboxylic acids is 1. The SMILES string of the molecule is CC(N)=NCC1CN(C(=O)CC(C)O)C1. The predicted octanol–water partition coefficient (Wildman–Crippen LogP) is -0.407. The topological polar surface area (TPSA) is 78.9 Å². The summed E-state index contributed by atoms with van der Waals surface area (Å²) in [5.41, 5.74) is 5.42. The van der Waals surface area contributed by atoms with Crippen LogP contribution < -0.4 is 5.73 Å². The number of aliphatic imine (C=N–C) groups is 1. The largest absolute Gasteiger partial charge is 0.393 e. The molecular formula is C10H19N3O2. The quantitative estimate of drug-likeness (QED) is 0.492. The number of carbonyl (C=O) groups is 1. The fraction of sp³-hybridized carbons (Fsp3) is 0.800. The highest BCUT2D eigenvalue weighted by Crippen LogP contribution is 2.17. The van der Waals surface area contributed by atoms with E-state index in [4.69, 9.17) is 10.8 Å².